The summed E-state index contributed by atoms with van der Waals surface area (Å²) in [4.78, 5) is 26.6. The Bertz CT molecular complexity index is 724. The maximum Gasteiger partial charge on any atom is 1.00 e. The van der Waals surface area contributed by atoms with Crippen molar-refractivity contribution in [2.24, 2.45) is 0 Å². The Kier molecular flexibility index (Phi) is 32.3. The minimum absolute atomic E-state index is 0. The van der Waals surface area contributed by atoms with Gasteiger partial charge >= 0.3 is 120 Å². The third-order valence-corrected chi connectivity index (χ3v) is 7.60. The Morgan fingerprint density at radius 2 is 0.927 bits per heavy atom. The van der Waals surface area contributed by atoms with Gasteiger partial charge in [0, 0.05) is 13.1 Å². The quantitative estimate of drug-likeness (QED) is 0.0674. The molecule has 0 aliphatic rings. The van der Waals surface area contributed by atoms with Crippen molar-refractivity contribution in [3.05, 3.63) is 30.3 Å². The van der Waals surface area contributed by atoms with E-state index in [9.17, 15) is 19.8 Å². The van der Waals surface area contributed by atoms with Crippen LogP contribution in [0.25, 0.3) is 0 Å². The van der Waals surface area contributed by atoms with Crippen LogP contribution in [0.5, 0.6) is 5.75 Å². The Morgan fingerprint density at radius 3 is 1.24 bits per heavy atom. The van der Waals surface area contributed by atoms with Crippen LogP contribution >= 0.6 is 0 Å². The molecule has 0 aliphatic carbocycles. The Hall–Kier alpha value is 1.19. The van der Waals surface area contributed by atoms with Crippen molar-refractivity contribution in [1.82, 2.24) is 4.90 Å². The third-order valence-electron chi connectivity index (χ3n) is 7.60. The molecule has 0 saturated heterocycles. The van der Waals surface area contributed by atoms with E-state index in [0.717, 1.165) is 38.5 Å². The topological polar surface area (TPSA) is 87.1 Å². The van der Waals surface area contributed by atoms with Crippen molar-refractivity contribution in [3.8, 4) is 5.75 Å². The molecular weight excluding hydrogens is 569 g/mol. The fraction of sp³-hybridized carbons (Fsp3) is 0.758. The summed E-state index contributed by atoms with van der Waals surface area (Å²) in [6, 6.07) is 8.46. The van der Waals surface area contributed by atoms with Crippen molar-refractivity contribution < 1.29 is 130 Å². The molecule has 0 atom stereocenters. The van der Waals surface area contributed by atoms with E-state index < -0.39 is 17.7 Å². The van der Waals surface area contributed by atoms with Gasteiger partial charge in [-0.15, -0.1) is 0 Å². The van der Waals surface area contributed by atoms with Crippen molar-refractivity contribution in [2.75, 3.05) is 13.1 Å². The Labute approximate surface area is 339 Å². The molecule has 0 unspecified atom stereocenters. The van der Waals surface area contributed by atoms with E-state index in [1.54, 1.807) is 35.2 Å². The molecule has 0 aromatic heterocycles. The zero-order chi connectivity index (χ0) is 28.6. The number of hydrogen-bond donors (Lipinski definition) is 2. The van der Waals surface area contributed by atoms with Gasteiger partial charge in [-0.25, -0.2) is 14.5 Å². The van der Waals surface area contributed by atoms with Crippen LogP contribution in [0.15, 0.2) is 30.3 Å². The molecule has 0 aliphatic heterocycles. The van der Waals surface area contributed by atoms with Crippen LogP contribution in [0.2, 0.25) is 0 Å². The van der Waals surface area contributed by atoms with Gasteiger partial charge in [-0.2, -0.15) is 0 Å². The first-order valence-electron chi connectivity index (χ1n) is 15.9. The average Bonchev–Trinajstić information content (AvgIpc) is 2.93. The molecule has 1 rings (SSSR count). The minimum Gasteiger partial charge on any atom is -1.00 e. The molecule has 0 spiro atoms. The van der Waals surface area contributed by atoms with Gasteiger partial charge in [-0.05, 0) is 25.0 Å². The molecular formula is C33H59K2NO5. The van der Waals surface area contributed by atoms with Gasteiger partial charge in [-0.3, -0.25) is 0 Å². The molecule has 0 radical (unpaired) electrons. The van der Waals surface area contributed by atoms with Crippen LogP contribution in [0.1, 0.15) is 145 Å². The summed E-state index contributed by atoms with van der Waals surface area (Å²) in [5.74, 6) is -2.70. The summed E-state index contributed by atoms with van der Waals surface area (Å²) in [7, 11) is 0. The summed E-state index contributed by atoms with van der Waals surface area (Å²) in [5, 5.41) is 20.4. The summed E-state index contributed by atoms with van der Waals surface area (Å²) < 4.78 is 5.80. The first kappa shape index (κ1) is 44.3. The van der Waals surface area contributed by atoms with Crippen molar-refractivity contribution in [3.63, 3.8) is 0 Å². The summed E-state index contributed by atoms with van der Waals surface area (Å²) in [6.45, 7) is 5.24. The molecule has 8 heteroatoms. The molecule has 41 heavy (non-hydrogen) atoms. The van der Waals surface area contributed by atoms with E-state index in [1.165, 1.54) is 89.9 Å². The number of carbonyl (C=O) groups is 2. The molecule has 2 N–H and O–H groups in total. The van der Waals surface area contributed by atoms with E-state index in [4.69, 9.17) is 4.74 Å². The Morgan fingerprint density at radius 1 is 0.610 bits per heavy atom. The number of rotatable bonds is 27. The summed E-state index contributed by atoms with van der Waals surface area (Å²) in [6.07, 6.45) is 23.4. The zero-order valence-corrected chi connectivity index (χ0v) is 33.3. The number of hydrogen-bond acceptors (Lipinski definition) is 4. The first-order valence-corrected chi connectivity index (χ1v) is 15.9. The molecule has 1 aromatic carbocycles. The molecule has 228 valence electrons. The monoisotopic (exact) mass is 627 g/mol. The van der Waals surface area contributed by atoms with Crippen molar-refractivity contribution in [2.45, 2.75) is 148 Å². The van der Waals surface area contributed by atoms with E-state index in [0.29, 0.717) is 13.1 Å². The molecule has 1 aromatic rings. The second-order valence-corrected chi connectivity index (χ2v) is 11.0. The van der Waals surface area contributed by atoms with Crippen molar-refractivity contribution in [1.29, 1.82) is 0 Å². The summed E-state index contributed by atoms with van der Waals surface area (Å²) in [5.41, 5.74) is -2.43. The smallest absolute Gasteiger partial charge is 1.00 e. The zero-order valence-electron chi connectivity index (χ0n) is 29.0. The predicted octanol–water partition coefficient (Wildman–Crippen LogP) is 3.31. The van der Waals surface area contributed by atoms with Gasteiger partial charge in [0.15, 0.2) is 0 Å². The minimum atomic E-state index is -2.43. The van der Waals surface area contributed by atoms with Crippen LogP contribution in [-0.2, 0) is 9.59 Å². The molecule has 0 bridgehead atoms. The van der Waals surface area contributed by atoms with Crippen LogP contribution < -0.4 is 108 Å². The number of ether oxygens (including phenoxy) is 1. The summed E-state index contributed by atoms with van der Waals surface area (Å²) >= 11 is 0. The number of carboxylic acid groups (broad SMARTS) is 2. The number of benzene rings is 1. The fourth-order valence-electron chi connectivity index (χ4n) is 5.18. The SMILES string of the molecule is CCCCCCCCCCCCN(CCCCCCCCCCCC)C(Oc1ccccc1)(C(=O)O)C(=O)O.[H-].[H-].[K+].[K+]. The van der Waals surface area contributed by atoms with E-state index in [1.807, 2.05) is 0 Å². The molecule has 0 heterocycles. The van der Waals surface area contributed by atoms with Crippen LogP contribution in [-0.4, -0.2) is 45.9 Å². The van der Waals surface area contributed by atoms with Gasteiger partial charge in [0.05, 0.1) is 0 Å². The van der Waals surface area contributed by atoms with Gasteiger partial charge in [-0.1, -0.05) is 148 Å². The van der Waals surface area contributed by atoms with Gasteiger partial charge in [0.25, 0.3) is 0 Å². The van der Waals surface area contributed by atoms with E-state index in [-0.39, 0.29) is 111 Å². The number of aliphatic carboxylic acids is 2. The average molecular weight is 628 g/mol. The second kappa shape index (κ2) is 29.9. The number of carboxylic acids is 2. The molecule has 0 fully saturated rings. The standard InChI is InChI=1S/C33H57NO5.2K.2H/c1-3-5-7-9-11-13-15-17-19-24-28-34(29-25-20-18-16-14-12-10-8-6-4-2)33(31(35)36,32(37)38)39-30-26-22-21-23-27-30;;;;/h21-23,26-27H,3-20,24-25,28-29H2,1-2H3,(H,35,36)(H,37,38);;;;/q;2*+1;2*-1. The maximum absolute atomic E-state index is 12.5. The van der Waals surface area contributed by atoms with Gasteiger partial charge in [0.1, 0.15) is 5.75 Å². The fourth-order valence-corrected chi connectivity index (χ4v) is 5.18. The Balaban J connectivity index is -0.00000190. The van der Waals surface area contributed by atoms with Gasteiger partial charge < -0.3 is 17.8 Å². The van der Waals surface area contributed by atoms with Crippen molar-refractivity contribution >= 4 is 11.9 Å². The van der Waals surface area contributed by atoms with E-state index >= 15 is 0 Å². The molecule has 6 nitrogen and oxygen atoms in total. The second-order valence-electron chi connectivity index (χ2n) is 11.0. The number of para-hydroxylation sites is 1. The number of nitrogens with zero attached hydrogens (tertiary/aromatic N) is 1. The molecule has 0 saturated carbocycles. The van der Waals surface area contributed by atoms with Gasteiger partial charge in [0.2, 0.25) is 0 Å². The predicted molar refractivity (Wildman–Crippen MR) is 163 cm³/mol. The van der Waals surface area contributed by atoms with Crippen LogP contribution in [0.4, 0.5) is 0 Å². The normalized spacial score (nSPS) is 11.1. The number of unbranched alkanes of at least 4 members (excludes halogenated alkanes) is 18. The van der Waals surface area contributed by atoms with Crippen LogP contribution in [0, 0.1) is 0 Å². The first-order chi connectivity index (χ1) is 19.0. The molecule has 0 amide bonds. The van der Waals surface area contributed by atoms with E-state index in [2.05, 4.69) is 13.8 Å². The largest absolute Gasteiger partial charge is 1.00 e. The van der Waals surface area contributed by atoms with Crippen LogP contribution in [0.3, 0.4) is 0 Å². The maximum atomic E-state index is 12.5. The third kappa shape index (κ3) is 20.0.